The second-order valence-corrected chi connectivity index (χ2v) is 10.3. The Balaban J connectivity index is 1.18. The van der Waals surface area contributed by atoms with Crippen LogP contribution in [0, 0.1) is 0 Å². The predicted molar refractivity (Wildman–Crippen MR) is 145 cm³/mol. The fourth-order valence-electron chi connectivity index (χ4n) is 4.58. The molecule has 0 aliphatic carbocycles. The first-order chi connectivity index (χ1) is 19.0. The van der Waals surface area contributed by atoms with Crippen molar-refractivity contribution in [1.29, 1.82) is 0 Å². The molecule has 4 aromatic heterocycles. The van der Waals surface area contributed by atoms with E-state index in [-0.39, 0.29) is 17.5 Å². The maximum absolute atomic E-state index is 13.4. The number of nitrogens with one attached hydrogen (secondary N) is 2. The van der Waals surface area contributed by atoms with Gasteiger partial charge in [-0.2, -0.15) is 0 Å². The summed E-state index contributed by atoms with van der Waals surface area (Å²) in [6, 6.07) is 11.4. The average Bonchev–Trinajstić information content (AvgIpc) is 3.70. The molecule has 0 unspecified atom stereocenters. The van der Waals surface area contributed by atoms with E-state index in [1.165, 1.54) is 22.1 Å². The number of thiophene rings is 1. The fourth-order valence-corrected chi connectivity index (χ4v) is 5.60. The summed E-state index contributed by atoms with van der Waals surface area (Å²) < 4.78 is 8.14. The number of amides is 1. The minimum absolute atomic E-state index is 0.117. The Bertz CT molecular complexity index is 1710. The zero-order valence-corrected chi connectivity index (χ0v) is 21.4. The molecule has 2 atom stereocenters. The molecular weight excluding hydrogens is 520 g/mol. The number of anilines is 2. The molecule has 1 aliphatic heterocycles. The van der Waals surface area contributed by atoms with Crippen LogP contribution in [0.5, 0.6) is 0 Å². The predicted octanol–water partition coefficient (Wildman–Crippen LogP) is 2.43. The quantitative estimate of drug-likeness (QED) is 0.227. The Labute approximate surface area is 225 Å². The summed E-state index contributed by atoms with van der Waals surface area (Å²) in [7, 11) is 0. The number of fused-ring (bicyclic) bond motifs is 2. The van der Waals surface area contributed by atoms with Crippen molar-refractivity contribution in [2.75, 3.05) is 17.7 Å². The summed E-state index contributed by atoms with van der Waals surface area (Å²) in [5.74, 6) is 1.12. The van der Waals surface area contributed by atoms with E-state index in [0.717, 1.165) is 20.5 Å². The Morgan fingerprint density at radius 3 is 2.87 bits per heavy atom. The number of hydrogen-bond acceptors (Lipinski definition) is 11. The van der Waals surface area contributed by atoms with Gasteiger partial charge in [0.2, 0.25) is 17.7 Å². The summed E-state index contributed by atoms with van der Waals surface area (Å²) >= 11 is 1.53. The van der Waals surface area contributed by atoms with Crippen LogP contribution in [0.2, 0.25) is 0 Å². The van der Waals surface area contributed by atoms with Gasteiger partial charge in [-0.05, 0) is 30.7 Å². The van der Waals surface area contributed by atoms with Crippen molar-refractivity contribution in [2.24, 2.45) is 0 Å². The molecule has 5 heterocycles. The molecule has 1 aromatic carbocycles. The van der Waals surface area contributed by atoms with Crippen LogP contribution < -0.4 is 21.9 Å². The Morgan fingerprint density at radius 1 is 1.21 bits per heavy atom. The number of carbonyl (C=O) groups is 1. The van der Waals surface area contributed by atoms with Gasteiger partial charge >= 0.3 is 0 Å². The van der Waals surface area contributed by atoms with Crippen molar-refractivity contribution < 1.29 is 14.3 Å². The van der Waals surface area contributed by atoms with Crippen LogP contribution in [0.15, 0.2) is 64.1 Å². The Kier molecular flexibility index (Phi) is 6.50. The van der Waals surface area contributed by atoms with Crippen molar-refractivity contribution in [2.45, 2.75) is 31.5 Å². The lowest BCUT2D eigenvalue weighted by atomic mass is 10.2. The third kappa shape index (κ3) is 4.84. The van der Waals surface area contributed by atoms with Gasteiger partial charge in [0.1, 0.15) is 29.4 Å². The average molecular weight is 545 g/mol. The summed E-state index contributed by atoms with van der Waals surface area (Å²) in [4.78, 5) is 36.0. The fraction of sp³-hybridized carbons (Fsp3) is 0.231. The molecule has 0 saturated carbocycles. The number of benzene rings is 1. The van der Waals surface area contributed by atoms with Crippen LogP contribution in [-0.4, -0.2) is 42.4 Å². The molecule has 39 heavy (non-hydrogen) atoms. The number of aliphatic hydroxyl groups excluding tert-OH is 1. The minimum atomic E-state index is -0.840. The van der Waals surface area contributed by atoms with Gasteiger partial charge in [-0.3, -0.25) is 14.2 Å². The van der Waals surface area contributed by atoms with Crippen LogP contribution in [0.1, 0.15) is 35.1 Å². The number of pyridine rings is 1. The molecule has 1 aliphatic rings. The zero-order chi connectivity index (χ0) is 26.9. The molecule has 13 heteroatoms. The van der Waals surface area contributed by atoms with Crippen LogP contribution >= 0.6 is 11.3 Å². The van der Waals surface area contributed by atoms with Gasteiger partial charge < -0.3 is 25.9 Å². The number of aliphatic hydroxyl groups is 1. The van der Waals surface area contributed by atoms with Gasteiger partial charge in [0, 0.05) is 33.1 Å². The smallest absolute Gasteiger partial charge is 0.277 e. The maximum Gasteiger partial charge on any atom is 0.277 e. The van der Waals surface area contributed by atoms with Crippen LogP contribution in [-0.2, 0) is 17.8 Å². The number of rotatable bonds is 8. The minimum Gasteiger partial charge on any atom is -0.418 e. The molecule has 0 saturated heterocycles. The molecule has 0 bridgehead atoms. The summed E-state index contributed by atoms with van der Waals surface area (Å²) in [6.45, 7) is -0.0879. The van der Waals surface area contributed by atoms with Gasteiger partial charge in [0.25, 0.3) is 5.56 Å². The van der Waals surface area contributed by atoms with E-state index in [1.807, 2.05) is 36.4 Å². The number of nitrogens with zero attached hydrogens (tertiary/aromatic N) is 5. The Hall–Kier alpha value is -4.62. The van der Waals surface area contributed by atoms with E-state index in [1.54, 1.807) is 12.3 Å². The Morgan fingerprint density at radius 2 is 2.05 bits per heavy atom. The molecule has 5 aromatic rings. The lowest BCUT2D eigenvalue weighted by Gasteiger charge is -2.17. The third-order valence-corrected chi connectivity index (χ3v) is 7.61. The van der Waals surface area contributed by atoms with E-state index in [9.17, 15) is 14.7 Å². The van der Waals surface area contributed by atoms with Crippen molar-refractivity contribution in [3.8, 4) is 11.5 Å². The highest BCUT2D eigenvalue weighted by Crippen LogP contribution is 2.28. The normalized spacial score (nSPS) is 15.3. The first kappa shape index (κ1) is 24.7. The van der Waals surface area contributed by atoms with Crippen molar-refractivity contribution in [1.82, 2.24) is 30.0 Å². The SMILES string of the molecule is Nc1cc2sc(CNC(=O)[C@@H]3CCc4ncc(N[C@H](CO)c5nnc(-c6ccccc6)o5)c(=O)n43)cc2cn1. The van der Waals surface area contributed by atoms with E-state index in [4.69, 9.17) is 10.2 Å². The number of aryl methyl sites for hydroxylation is 1. The highest BCUT2D eigenvalue weighted by Gasteiger charge is 2.32. The lowest BCUT2D eigenvalue weighted by molar-refractivity contribution is -0.124. The van der Waals surface area contributed by atoms with Gasteiger partial charge in [-0.15, -0.1) is 21.5 Å². The molecular formula is C26H24N8O4S. The van der Waals surface area contributed by atoms with Gasteiger partial charge in [-0.1, -0.05) is 18.2 Å². The molecule has 0 spiro atoms. The van der Waals surface area contributed by atoms with E-state index in [0.29, 0.717) is 36.9 Å². The second kappa shape index (κ2) is 10.3. The van der Waals surface area contributed by atoms with Gasteiger partial charge in [0.05, 0.1) is 19.3 Å². The van der Waals surface area contributed by atoms with Crippen molar-refractivity contribution in [3.63, 3.8) is 0 Å². The van der Waals surface area contributed by atoms with E-state index < -0.39 is 24.2 Å². The molecule has 5 N–H and O–H groups in total. The van der Waals surface area contributed by atoms with Crippen LogP contribution in [0.25, 0.3) is 21.5 Å². The number of carbonyl (C=O) groups excluding carboxylic acids is 1. The third-order valence-electron chi connectivity index (χ3n) is 6.51. The summed E-state index contributed by atoms with van der Waals surface area (Å²) in [5, 5.41) is 24.9. The van der Waals surface area contributed by atoms with Crippen LogP contribution in [0.3, 0.4) is 0 Å². The highest BCUT2D eigenvalue weighted by atomic mass is 32.1. The molecule has 0 radical (unpaired) electrons. The highest BCUT2D eigenvalue weighted by molar-refractivity contribution is 7.19. The standard InChI is InChI=1S/C26H24N8O4S/c27-21-9-20-15(10-28-21)8-16(39-20)11-30-23(36)19-6-7-22-29-12-17(26(37)34(19)22)31-18(13-35)25-33-32-24(38-25)14-4-2-1-3-5-14/h1-5,8-10,12,18-19,31,35H,6-7,11,13H2,(H2,27,28)(H,30,36)/t18-,19+/m1/s1. The molecule has 1 amide bonds. The maximum atomic E-state index is 13.4. The van der Waals surface area contributed by atoms with Crippen molar-refractivity contribution >= 4 is 38.8 Å². The summed E-state index contributed by atoms with van der Waals surface area (Å²) in [5.41, 5.74) is 6.20. The molecule has 198 valence electrons. The van der Waals surface area contributed by atoms with E-state index >= 15 is 0 Å². The summed E-state index contributed by atoms with van der Waals surface area (Å²) in [6.07, 6.45) is 4.06. The largest absolute Gasteiger partial charge is 0.418 e. The lowest BCUT2D eigenvalue weighted by Crippen LogP contribution is -2.36. The van der Waals surface area contributed by atoms with Crippen molar-refractivity contribution in [3.05, 3.63) is 81.8 Å². The molecule has 6 rings (SSSR count). The number of nitrogens with two attached hydrogens (primary N) is 1. The first-order valence-electron chi connectivity index (χ1n) is 12.3. The number of hydrogen-bond donors (Lipinski definition) is 4. The van der Waals surface area contributed by atoms with Gasteiger partial charge in [0.15, 0.2) is 0 Å². The molecule has 12 nitrogen and oxygen atoms in total. The zero-order valence-electron chi connectivity index (χ0n) is 20.6. The topological polar surface area (TPSA) is 174 Å². The first-order valence-corrected chi connectivity index (χ1v) is 13.1. The molecule has 0 fully saturated rings. The number of nitrogen functional groups attached to an aromatic ring is 1. The van der Waals surface area contributed by atoms with Crippen LogP contribution in [0.4, 0.5) is 11.5 Å². The monoisotopic (exact) mass is 544 g/mol. The van der Waals surface area contributed by atoms with Gasteiger partial charge in [-0.25, -0.2) is 9.97 Å². The number of aromatic nitrogens is 5. The van der Waals surface area contributed by atoms with E-state index in [2.05, 4.69) is 30.8 Å². The second-order valence-electron chi connectivity index (χ2n) is 9.09.